The molecule has 2 amide bonds. The number of benzene rings is 2. The lowest BCUT2D eigenvalue weighted by molar-refractivity contribution is -0.122. The number of carbonyl (C=O) groups is 2. The Kier molecular flexibility index (Phi) is 6.31. The Labute approximate surface area is 183 Å². The van der Waals surface area contributed by atoms with Crippen molar-refractivity contribution in [3.63, 3.8) is 0 Å². The van der Waals surface area contributed by atoms with Crippen molar-refractivity contribution in [1.29, 1.82) is 0 Å². The fourth-order valence-corrected chi connectivity index (χ4v) is 5.27. The Bertz CT molecular complexity index is 1130. The third-order valence-electron chi connectivity index (χ3n) is 5.59. The minimum Gasteiger partial charge on any atom is -0.380 e. The molecule has 1 fully saturated rings. The van der Waals surface area contributed by atoms with Gasteiger partial charge in [-0.15, -0.1) is 11.3 Å². The van der Waals surface area contributed by atoms with Crippen LogP contribution in [0.5, 0.6) is 0 Å². The van der Waals surface area contributed by atoms with Gasteiger partial charge in [-0.1, -0.05) is 24.3 Å². The van der Waals surface area contributed by atoms with E-state index >= 15 is 0 Å². The molecule has 0 aliphatic carbocycles. The number of anilines is 1. The van der Waals surface area contributed by atoms with Gasteiger partial charge < -0.3 is 15.8 Å². The van der Waals surface area contributed by atoms with Crippen LogP contribution < -0.4 is 11.1 Å². The number of hydrogen-bond donors (Lipinski definition) is 2. The van der Waals surface area contributed by atoms with E-state index in [-0.39, 0.29) is 30.3 Å². The molecule has 1 saturated heterocycles. The SMILES string of the molecule is COCc1c(C(=O)Nc2ccccc2CN2CCCC2C(N)=O)sc2cccc(F)c12. The predicted octanol–water partition coefficient (Wildman–Crippen LogP) is 3.89. The maximum absolute atomic E-state index is 14.4. The van der Waals surface area contributed by atoms with Gasteiger partial charge in [-0.2, -0.15) is 0 Å². The van der Waals surface area contributed by atoms with Gasteiger partial charge in [-0.25, -0.2) is 4.39 Å². The number of ether oxygens (including phenoxy) is 1. The Balaban J connectivity index is 1.62. The first kappa shape index (κ1) is 21.4. The fraction of sp³-hybridized carbons (Fsp3) is 0.304. The van der Waals surface area contributed by atoms with Gasteiger partial charge in [0.15, 0.2) is 0 Å². The zero-order chi connectivity index (χ0) is 22.0. The number of hydrogen-bond acceptors (Lipinski definition) is 5. The second-order valence-corrected chi connectivity index (χ2v) is 8.65. The monoisotopic (exact) mass is 441 g/mol. The number of nitrogens with two attached hydrogens (primary N) is 1. The number of primary amides is 1. The van der Waals surface area contributed by atoms with Crippen LogP contribution in [-0.4, -0.2) is 36.4 Å². The van der Waals surface area contributed by atoms with Gasteiger partial charge in [0.05, 0.1) is 17.5 Å². The highest BCUT2D eigenvalue weighted by atomic mass is 32.1. The molecule has 1 aromatic heterocycles. The Morgan fingerprint density at radius 1 is 1.26 bits per heavy atom. The summed E-state index contributed by atoms with van der Waals surface area (Å²) in [6.07, 6.45) is 1.66. The van der Waals surface area contributed by atoms with Gasteiger partial charge in [-0.3, -0.25) is 14.5 Å². The molecule has 31 heavy (non-hydrogen) atoms. The molecule has 2 heterocycles. The molecule has 6 nitrogen and oxygen atoms in total. The average Bonchev–Trinajstić information content (AvgIpc) is 3.35. The highest BCUT2D eigenvalue weighted by molar-refractivity contribution is 7.21. The molecule has 0 bridgehead atoms. The number of halogens is 1. The molecule has 1 aliphatic rings. The lowest BCUT2D eigenvalue weighted by Gasteiger charge is -2.23. The van der Waals surface area contributed by atoms with Crippen molar-refractivity contribution in [2.75, 3.05) is 19.0 Å². The molecule has 1 unspecified atom stereocenters. The van der Waals surface area contributed by atoms with E-state index in [1.54, 1.807) is 12.1 Å². The van der Waals surface area contributed by atoms with Crippen LogP contribution in [-0.2, 0) is 22.7 Å². The van der Waals surface area contributed by atoms with E-state index in [0.717, 1.165) is 24.9 Å². The molecule has 3 N–H and O–H groups in total. The molecular formula is C23H24FN3O3S. The van der Waals surface area contributed by atoms with E-state index in [9.17, 15) is 14.0 Å². The molecule has 1 aliphatic heterocycles. The minimum absolute atomic E-state index is 0.138. The topological polar surface area (TPSA) is 84.7 Å². The largest absolute Gasteiger partial charge is 0.380 e. The summed E-state index contributed by atoms with van der Waals surface area (Å²) in [5.41, 5.74) is 7.63. The van der Waals surface area contributed by atoms with Crippen molar-refractivity contribution < 1.29 is 18.7 Å². The Morgan fingerprint density at radius 3 is 2.84 bits per heavy atom. The van der Waals surface area contributed by atoms with E-state index < -0.39 is 0 Å². The summed E-state index contributed by atoms with van der Waals surface area (Å²) >= 11 is 1.24. The van der Waals surface area contributed by atoms with Crippen LogP contribution in [0.4, 0.5) is 10.1 Å². The van der Waals surface area contributed by atoms with Crippen LogP contribution in [0, 0.1) is 5.82 Å². The fourth-order valence-electron chi connectivity index (χ4n) is 4.15. The summed E-state index contributed by atoms with van der Waals surface area (Å²) in [6, 6.07) is 12.0. The van der Waals surface area contributed by atoms with E-state index in [2.05, 4.69) is 5.32 Å². The van der Waals surface area contributed by atoms with Gasteiger partial charge in [0.1, 0.15) is 5.82 Å². The number of methoxy groups -OCH3 is 1. The van der Waals surface area contributed by atoms with Crippen LogP contribution in [0.1, 0.15) is 33.6 Å². The summed E-state index contributed by atoms with van der Waals surface area (Å²) in [5.74, 6) is -1.00. The number of nitrogens with zero attached hydrogens (tertiary/aromatic N) is 1. The molecule has 0 spiro atoms. The summed E-state index contributed by atoms with van der Waals surface area (Å²) in [4.78, 5) is 27.4. The molecule has 162 valence electrons. The number of para-hydroxylation sites is 1. The second kappa shape index (κ2) is 9.13. The second-order valence-electron chi connectivity index (χ2n) is 7.60. The number of thiophene rings is 1. The first-order valence-corrected chi connectivity index (χ1v) is 10.9. The van der Waals surface area contributed by atoms with E-state index in [0.29, 0.717) is 32.8 Å². The number of likely N-dealkylation sites (tertiary alicyclic amines) is 1. The molecular weight excluding hydrogens is 417 g/mol. The Hall–Kier alpha value is -2.81. The van der Waals surface area contributed by atoms with Gasteiger partial charge in [0.25, 0.3) is 5.91 Å². The molecule has 4 rings (SSSR count). The zero-order valence-electron chi connectivity index (χ0n) is 17.2. The van der Waals surface area contributed by atoms with E-state index in [1.807, 2.05) is 29.2 Å². The maximum atomic E-state index is 14.4. The lowest BCUT2D eigenvalue weighted by atomic mass is 10.1. The summed E-state index contributed by atoms with van der Waals surface area (Å²) in [6.45, 7) is 1.43. The first-order valence-electron chi connectivity index (χ1n) is 10.1. The van der Waals surface area contributed by atoms with Crippen LogP contribution >= 0.6 is 11.3 Å². The number of fused-ring (bicyclic) bond motifs is 1. The summed E-state index contributed by atoms with van der Waals surface area (Å²) in [7, 11) is 1.52. The summed E-state index contributed by atoms with van der Waals surface area (Å²) < 4.78 is 20.4. The number of nitrogens with one attached hydrogen (secondary N) is 1. The van der Waals surface area contributed by atoms with Crippen molar-refractivity contribution in [2.24, 2.45) is 5.73 Å². The third-order valence-corrected chi connectivity index (χ3v) is 6.79. The number of amides is 2. The minimum atomic E-state index is -0.369. The van der Waals surface area contributed by atoms with Gasteiger partial charge in [-0.05, 0) is 43.1 Å². The standard InChI is InChI=1S/C23H24FN3O3S/c1-30-13-15-20-16(24)7-4-10-19(20)31-21(15)23(29)26-17-8-3-2-6-14(17)12-27-11-5-9-18(27)22(25)28/h2-4,6-8,10,18H,5,9,11-13H2,1H3,(H2,25,28)(H,26,29). The molecule has 8 heteroatoms. The third kappa shape index (κ3) is 4.32. The quantitative estimate of drug-likeness (QED) is 0.583. The molecule has 1 atom stereocenters. The van der Waals surface area contributed by atoms with Crippen LogP contribution in [0.15, 0.2) is 42.5 Å². The number of rotatable bonds is 7. The highest BCUT2D eigenvalue weighted by Crippen LogP contribution is 2.34. The predicted molar refractivity (Wildman–Crippen MR) is 120 cm³/mol. The molecule has 0 saturated carbocycles. The van der Waals surface area contributed by atoms with Gasteiger partial charge in [0, 0.05) is 35.0 Å². The highest BCUT2D eigenvalue weighted by Gasteiger charge is 2.29. The number of carbonyl (C=O) groups excluding carboxylic acids is 2. The van der Waals surface area contributed by atoms with Crippen LogP contribution in [0.3, 0.4) is 0 Å². The van der Waals surface area contributed by atoms with Gasteiger partial charge in [0.2, 0.25) is 5.91 Å². The van der Waals surface area contributed by atoms with Crippen molar-refractivity contribution in [3.05, 3.63) is 64.3 Å². The van der Waals surface area contributed by atoms with Crippen molar-refractivity contribution >= 4 is 38.9 Å². The zero-order valence-corrected chi connectivity index (χ0v) is 18.0. The van der Waals surface area contributed by atoms with E-state index in [1.165, 1.54) is 24.5 Å². The van der Waals surface area contributed by atoms with Gasteiger partial charge >= 0.3 is 0 Å². The van der Waals surface area contributed by atoms with Crippen molar-refractivity contribution in [2.45, 2.75) is 32.0 Å². The van der Waals surface area contributed by atoms with Crippen molar-refractivity contribution in [1.82, 2.24) is 4.90 Å². The van der Waals surface area contributed by atoms with Crippen molar-refractivity contribution in [3.8, 4) is 0 Å². The lowest BCUT2D eigenvalue weighted by Crippen LogP contribution is -2.39. The molecule has 2 aromatic carbocycles. The molecule has 3 aromatic rings. The molecule has 0 radical (unpaired) electrons. The smallest absolute Gasteiger partial charge is 0.266 e. The normalized spacial score (nSPS) is 16.6. The Morgan fingerprint density at radius 2 is 2.06 bits per heavy atom. The van der Waals surface area contributed by atoms with Crippen LogP contribution in [0.25, 0.3) is 10.1 Å². The maximum Gasteiger partial charge on any atom is 0.266 e. The van der Waals surface area contributed by atoms with E-state index in [4.69, 9.17) is 10.5 Å². The summed E-state index contributed by atoms with van der Waals surface area (Å²) in [5, 5.41) is 3.40. The first-order chi connectivity index (χ1) is 15.0. The average molecular weight is 442 g/mol. The van der Waals surface area contributed by atoms with Crippen LogP contribution in [0.2, 0.25) is 0 Å².